The summed E-state index contributed by atoms with van der Waals surface area (Å²) < 4.78 is 112. The highest BCUT2D eigenvalue weighted by atomic mass is 19.4. The van der Waals surface area contributed by atoms with Crippen LogP contribution in [0.2, 0.25) is 0 Å². The van der Waals surface area contributed by atoms with E-state index in [1.807, 2.05) is 27.7 Å². The molecule has 1 rings (SSSR count). The predicted molar refractivity (Wildman–Crippen MR) is 68.9 cm³/mol. The molecule has 0 radical (unpaired) electrons. The highest BCUT2D eigenvalue weighted by molar-refractivity contribution is 5.42. The van der Waals surface area contributed by atoms with Crippen molar-refractivity contribution >= 4 is 0 Å². The standard InChI is InChI=1S/C10H5F9.2C2H6/c1-4-6(9(14,15)16)2-5(8(11,12)13)3-7(4)10(17,18)19;2*1-2/h2-3H,1H3;2*1-2H3. The summed E-state index contributed by atoms with van der Waals surface area (Å²) in [6.07, 6.45) is -15.9. The van der Waals surface area contributed by atoms with Gasteiger partial charge in [0.15, 0.2) is 0 Å². The second kappa shape index (κ2) is 8.44. The van der Waals surface area contributed by atoms with Crippen molar-refractivity contribution in [3.05, 3.63) is 34.4 Å². The largest absolute Gasteiger partial charge is 0.416 e. The summed E-state index contributed by atoms with van der Waals surface area (Å²) in [6, 6.07) is -0.658. The van der Waals surface area contributed by atoms with E-state index in [0.29, 0.717) is 6.92 Å². The van der Waals surface area contributed by atoms with Crippen molar-refractivity contribution in [2.45, 2.75) is 53.1 Å². The first-order valence-corrected chi connectivity index (χ1v) is 6.61. The molecule has 0 saturated heterocycles. The number of halogens is 9. The number of hydrogen-bond acceptors (Lipinski definition) is 0. The van der Waals surface area contributed by atoms with E-state index in [2.05, 4.69) is 0 Å². The molecule has 0 unspecified atom stereocenters. The van der Waals surface area contributed by atoms with Gasteiger partial charge in [0.25, 0.3) is 0 Å². The zero-order valence-electron chi connectivity index (χ0n) is 13.1. The minimum Gasteiger partial charge on any atom is -0.166 e. The van der Waals surface area contributed by atoms with Gasteiger partial charge in [-0.15, -0.1) is 0 Å². The SMILES string of the molecule is CC.CC.Cc1c(C(F)(F)F)cc(C(F)(F)F)cc1C(F)(F)F. The van der Waals surface area contributed by atoms with E-state index in [4.69, 9.17) is 0 Å². The lowest BCUT2D eigenvalue weighted by Gasteiger charge is -2.19. The smallest absolute Gasteiger partial charge is 0.166 e. The summed E-state index contributed by atoms with van der Waals surface area (Å²) in [4.78, 5) is 0. The van der Waals surface area contributed by atoms with Crippen molar-refractivity contribution in [1.29, 1.82) is 0 Å². The van der Waals surface area contributed by atoms with Crippen LogP contribution in [0.15, 0.2) is 12.1 Å². The molecule has 0 nitrogen and oxygen atoms in total. The molecule has 0 spiro atoms. The van der Waals surface area contributed by atoms with Crippen molar-refractivity contribution in [2.24, 2.45) is 0 Å². The maximum absolute atomic E-state index is 12.5. The van der Waals surface area contributed by atoms with E-state index in [0.717, 1.165) is 0 Å². The molecule has 1 aromatic carbocycles. The molecule has 0 aliphatic heterocycles. The zero-order valence-corrected chi connectivity index (χ0v) is 13.1. The first-order valence-electron chi connectivity index (χ1n) is 6.61. The van der Waals surface area contributed by atoms with Gasteiger partial charge in [0.1, 0.15) is 0 Å². The van der Waals surface area contributed by atoms with Gasteiger partial charge in [-0.1, -0.05) is 27.7 Å². The van der Waals surface area contributed by atoms with Crippen LogP contribution < -0.4 is 0 Å². The van der Waals surface area contributed by atoms with Crippen LogP contribution in [0.5, 0.6) is 0 Å². The van der Waals surface area contributed by atoms with Crippen molar-refractivity contribution < 1.29 is 39.5 Å². The summed E-state index contributed by atoms with van der Waals surface area (Å²) in [5.41, 5.74) is -7.17. The van der Waals surface area contributed by atoms with Crippen LogP contribution in [-0.2, 0) is 18.5 Å². The van der Waals surface area contributed by atoms with Crippen LogP contribution in [0.1, 0.15) is 49.9 Å². The minimum atomic E-state index is -5.30. The molecule has 0 saturated carbocycles. The molecule has 9 heteroatoms. The van der Waals surface area contributed by atoms with E-state index in [9.17, 15) is 39.5 Å². The fourth-order valence-electron chi connectivity index (χ4n) is 1.47. The molecule has 0 amide bonds. The van der Waals surface area contributed by atoms with Crippen molar-refractivity contribution in [1.82, 2.24) is 0 Å². The van der Waals surface area contributed by atoms with E-state index >= 15 is 0 Å². The van der Waals surface area contributed by atoms with Crippen LogP contribution in [-0.4, -0.2) is 0 Å². The third kappa shape index (κ3) is 6.70. The average Bonchev–Trinajstić information content (AvgIpc) is 2.39. The fraction of sp³-hybridized carbons (Fsp3) is 0.571. The average molecular weight is 356 g/mol. The maximum Gasteiger partial charge on any atom is 0.416 e. The molecule has 1 aromatic rings. The van der Waals surface area contributed by atoms with Gasteiger partial charge in [-0.05, 0) is 24.6 Å². The maximum atomic E-state index is 12.5. The van der Waals surface area contributed by atoms with Crippen LogP contribution in [0.3, 0.4) is 0 Å². The van der Waals surface area contributed by atoms with Crippen LogP contribution in [0, 0.1) is 6.92 Å². The Morgan fingerprint density at radius 3 is 1.00 bits per heavy atom. The Bertz CT molecular complexity index is 443. The van der Waals surface area contributed by atoms with E-state index in [1.54, 1.807) is 0 Å². The normalized spacial score (nSPS) is 11.9. The number of rotatable bonds is 0. The molecule has 0 fully saturated rings. The third-order valence-corrected chi connectivity index (χ3v) is 2.35. The molecular formula is C14H17F9. The van der Waals surface area contributed by atoms with Crippen LogP contribution >= 0.6 is 0 Å². The van der Waals surface area contributed by atoms with Gasteiger partial charge in [-0.3, -0.25) is 0 Å². The second-order valence-corrected chi connectivity index (χ2v) is 3.69. The van der Waals surface area contributed by atoms with Gasteiger partial charge in [0.05, 0.1) is 16.7 Å². The van der Waals surface area contributed by atoms with Crippen molar-refractivity contribution in [3.63, 3.8) is 0 Å². The Morgan fingerprint density at radius 1 is 0.565 bits per heavy atom. The Hall–Kier alpha value is -1.41. The van der Waals surface area contributed by atoms with Gasteiger partial charge in [0.2, 0.25) is 0 Å². The second-order valence-electron chi connectivity index (χ2n) is 3.69. The molecule has 0 heterocycles. The summed E-state index contributed by atoms with van der Waals surface area (Å²) in [7, 11) is 0. The highest BCUT2D eigenvalue weighted by Crippen LogP contribution is 2.42. The molecule has 0 bridgehead atoms. The van der Waals surface area contributed by atoms with Crippen LogP contribution in [0.25, 0.3) is 0 Å². The molecule has 0 aliphatic carbocycles. The van der Waals surface area contributed by atoms with Gasteiger partial charge in [-0.2, -0.15) is 39.5 Å². The van der Waals surface area contributed by atoms with Gasteiger partial charge < -0.3 is 0 Å². The quantitative estimate of drug-likeness (QED) is 0.435. The lowest BCUT2D eigenvalue weighted by atomic mass is 9.97. The Balaban J connectivity index is 0. The Kier molecular flexibility index (Phi) is 8.76. The Labute approximate surface area is 128 Å². The molecule has 0 N–H and O–H groups in total. The minimum absolute atomic E-state index is 0.329. The van der Waals surface area contributed by atoms with Gasteiger partial charge in [-0.25, -0.2) is 0 Å². The summed E-state index contributed by atoms with van der Waals surface area (Å²) >= 11 is 0. The molecule has 23 heavy (non-hydrogen) atoms. The topological polar surface area (TPSA) is 0 Å². The first kappa shape index (κ1) is 23.9. The first-order chi connectivity index (χ1) is 10.2. The summed E-state index contributed by atoms with van der Waals surface area (Å²) in [5, 5.41) is 0. The van der Waals surface area contributed by atoms with Crippen molar-refractivity contribution in [3.8, 4) is 0 Å². The summed E-state index contributed by atoms with van der Waals surface area (Å²) in [6.45, 7) is 8.48. The summed E-state index contributed by atoms with van der Waals surface area (Å²) in [5.74, 6) is 0. The number of alkyl halides is 9. The number of hydrogen-bond donors (Lipinski definition) is 0. The lowest BCUT2D eigenvalue weighted by Crippen LogP contribution is -2.18. The zero-order chi connectivity index (χ0) is 19.2. The van der Waals surface area contributed by atoms with E-state index < -0.39 is 40.8 Å². The molecular weight excluding hydrogens is 339 g/mol. The monoisotopic (exact) mass is 356 g/mol. The van der Waals surface area contributed by atoms with Crippen LogP contribution in [0.4, 0.5) is 39.5 Å². The number of benzene rings is 1. The van der Waals surface area contributed by atoms with E-state index in [1.165, 1.54) is 0 Å². The molecule has 136 valence electrons. The molecule has 0 aliphatic rings. The predicted octanol–water partition coefficient (Wildman–Crippen LogP) is 7.10. The van der Waals surface area contributed by atoms with Gasteiger partial charge >= 0.3 is 18.5 Å². The molecule has 0 atom stereocenters. The Morgan fingerprint density at radius 2 is 0.826 bits per heavy atom. The third-order valence-electron chi connectivity index (χ3n) is 2.35. The van der Waals surface area contributed by atoms with E-state index in [-0.39, 0.29) is 12.1 Å². The molecule has 0 aromatic heterocycles. The fourth-order valence-corrected chi connectivity index (χ4v) is 1.47. The highest BCUT2D eigenvalue weighted by Gasteiger charge is 2.43. The lowest BCUT2D eigenvalue weighted by molar-refractivity contribution is -0.149. The van der Waals surface area contributed by atoms with Crippen molar-refractivity contribution in [2.75, 3.05) is 0 Å². The van der Waals surface area contributed by atoms with Gasteiger partial charge in [0, 0.05) is 0 Å².